The summed E-state index contributed by atoms with van der Waals surface area (Å²) < 4.78 is 0. The Hall–Kier alpha value is -1.63. The highest BCUT2D eigenvalue weighted by molar-refractivity contribution is 7.15. The lowest BCUT2D eigenvalue weighted by Crippen LogP contribution is -2.48. The predicted molar refractivity (Wildman–Crippen MR) is 107 cm³/mol. The molecule has 0 unspecified atom stereocenters. The van der Waals surface area contributed by atoms with Crippen molar-refractivity contribution in [3.05, 3.63) is 10.6 Å². The molecule has 4 rings (SSSR count). The van der Waals surface area contributed by atoms with Crippen LogP contribution >= 0.6 is 11.3 Å². The van der Waals surface area contributed by atoms with Crippen LogP contribution in [0.5, 0.6) is 0 Å². The monoisotopic (exact) mass is 390 g/mol. The van der Waals surface area contributed by atoms with E-state index in [1.807, 2.05) is 4.90 Å². The summed E-state index contributed by atoms with van der Waals surface area (Å²) in [6, 6.07) is 0. The average molecular weight is 391 g/mol. The third-order valence-corrected chi connectivity index (χ3v) is 7.37. The molecule has 0 bridgehead atoms. The van der Waals surface area contributed by atoms with Crippen LogP contribution in [0.25, 0.3) is 0 Å². The summed E-state index contributed by atoms with van der Waals surface area (Å²) in [6.45, 7) is 6.77. The molecule has 0 saturated carbocycles. The van der Waals surface area contributed by atoms with Crippen molar-refractivity contribution in [2.24, 2.45) is 5.92 Å². The van der Waals surface area contributed by atoms with E-state index < -0.39 is 0 Å². The van der Waals surface area contributed by atoms with Gasteiger partial charge in [-0.15, -0.1) is 11.3 Å². The lowest BCUT2D eigenvalue weighted by molar-refractivity contribution is -0.135. The van der Waals surface area contributed by atoms with Crippen molar-refractivity contribution in [3.8, 4) is 0 Å². The topological polar surface area (TPSA) is 56.8 Å². The van der Waals surface area contributed by atoms with Gasteiger partial charge in [-0.2, -0.15) is 0 Å². The first-order valence-electron chi connectivity index (χ1n) is 10.4. The molecule has 0 N–H and O–H groups in total. The van der Waals surface area contributed by atoms with Gasteiger partial charge in [-0.25, -0.2) is 4.98 Å². The number of amides is 2. The first-order chi connectivity index (χ1) is 13.1. The highest BCUT2D eigenvalue weighted by Crippen LogP contribution is 2.35. The number of rotatable bonds is 2. The first kappa shape index (κ1) is 18.7. The largest absolute Gasteiger partial charge is 0.345 e. The minimum Gasteiger partial charge on any atom is -0.345 e. The second kappa shape index (κ2) is 8.17. The number of carbonyl (C=O) groups is 2. The molecule has 2 aliphatic heterocycles. The normalized spacial score (nSPS) is 23.7. The highest BCUT2D eigenvalue weighted by atomic mass is 32.1. The molecule has 7 heteroatoms. The number of aryl methyl sites for hydroxylation is 1. The van der Waals surface area contributed by atoms with Crippen LogP contribution in [0.15, 0.2) is 0 Å². The molecule has 148 valence electrons. The molecule has 1 aromatic rings. The zero-order valence-electron chi connectivity index (χ0n) is 16.3. The van der Waals surface area contributed by atoms with Gasteiger partial charge in [0.2, 0.25) is 11.8 Å². The minimum atomic E-state index is 0.137. The molecule has 2 saturated heterocycles. The number of likely N-dealkylation sites (tertiary alicyclic amines) is 1. The van der Waals surface area contributed by atoms with Crippen molar-refractivity contribution < 1.29 is 9.59 Å². The van der Waals surface area contributed by atoms with Crippen molar-refractivity contribution in [2.75, 3.05) is 44.2 Å². The number of aromatic nitrogens is 1. The van der Waals surface area contributed by atoms with Crippen molar-refractivity contribution in [2.45, 2.75) is 51.9 Å². The van der Waals surface area contributed by atoms with Crippen LogP contribution in [-0.2, 0) is 22.4 Å². The van der Waals surface area contributed by atoms with Gasteiger partial charge in [0.05, 0.1) is 5.69 Å². The molecule has 2 fully saturated rings. The summed E-state index contributed by atoms with van der Waals surface area (Å²) in [5, 5.41) is 1.08. The molecule has 1 atom stereocenters. The molecular weight excluding hydrogens is 360 g/mol. The fraction of sp³-hybridized carbons (Fsp3) is 0.750. The van der Waals surface area contributed by atoms with E-state index in [4.69, 9.17) is 4.98 Å². The molecule has 1 aromatic heterocycles. The van der Waals surface area contributed by atoms with Crippen molar-refractivity contribution in [3.63, 3.8) is 0 Å². The lowest BCUT2D eigenvalue weighted by atomic mass is 9.90. The van der Waals surface area contributed by atoms with E-state index in [0.717, 1.165) is 76.5 Å². The number of hydrogen-bond acceptors (Lipinski definition) is 5. The number of carbonyl (C=O) groups excluding carboxylic acids is 2. The SMILES string of the molecule is CC(=O)N1CCN(c2nc3c(s2)C[C@H](C(=O)N2CCCCCC2)CC3)CC1. The zero-order chi connectivity index (χ0) is 18.8. The van der Waals surface area contributed by atoms with Gasteiger partial charge in [0.25, 0.3) is 0 Å². The molecule has 3 aliphatic rings. The van der Waals surface area contributed by atoms with Crippen LogP contribution in [0.2, 0.25) is 0 Å². The number of thiazole rings is 1. The standard InChI is InChI=1S/C20H30N4O2S/c1-15(25)22-10-12-24(13-11-22)20-21-17-7-6-16(14-18(17)27-20)19(26)23-8-4-2-3-5-9-23/h16H,2-14H2,1H3/t16-/m1/s1. The van der Waals surface area contributed by atoms with Crippen molar-refractivity contribution in [1.29, 1.82) is 0 Å². The van der Waals surface area contributed by atoms with Gasteiger partial charge >= 0.3 is 0 Å². The molecule has 6 nitrogen and oxygen atoms in total. The maximum Gasteiger partial charge on any atom is 0.226 e. The van der Waals surface area contributed by atoms with E-state index in [2.05, 4.69) is 9.80 Å². The highest BCUT2D eigenvalue weighted by Gasteiger charge is 2.31. The van der Waals surface area contributed by atoms with E-state index in [1.54, 1.807) is 18.3 Å². The van der Waals surface area contributed by atoms with E-state index in [0.29, 0.717) is 5.91 Å². The molecular formula is C20H30N4O2S. The van der Waals surface area contributed by atoms with Gasteiger partial charge in [-0.05, 0) is 32.1 Å². The molecule has 1 aliphatic carbocycles. The molecule has 0 aromatic carbocycles. The molecule has 2 amide bonds. The number of fused-ring (bicyclic) bond motifs is 1. The van der Waals surface area contributed by atoms with Crippen LogP contribution in [0.1, 0.15) is 49.6 Å². The van der Waals surface area contributed by atoms with Gasteiger partial charge in [0.1, 0.15) is 0 Å². The summed E-state index contributed by atoms with van der Waals surface area (Å²) in [7, 11) is 0. The third kappa shape index (κ3) is 4.13. The second-order valence-electron chi connectivity index (χ2n) is 8.04. The van der Waals surface area contributed by atoms with Crippen molar-refractivity contribution >= 4 is 28.3 Å². The van der Waals surface area contributed by atoms with Crippen LogP contribution in [0, 0.1) is 5.92 Å². The number of anilines is 1. The van der Waals surface area contributed by atoms with E-state index in [9.17, 15) is 9.59 Å². The van der Waals surface area contributed by atoms with Gasteiger partial charge in [-0.1, -0.05) is 12.8 Å². The van der Waals surface area contributed by atoms with Gasteiger partial charge in [0, 0.05) is 57.0 Å². The van der Waals surface area contributed by atoms with Gasteiger partial charge < -0.3 is 14.7 Å². The molecule has 0 spiro atoms. The second-order valence-corrected chi connectivity index (χ2v) is 9.10. The Bertz CT molecular complexity index is 688. The summed E-state index contributed by atoms with van der Waals surface area (Å²) in [6.07, 6.45) is 7.53. The fourth-order valence-corrected chi connectivity index (χ4v) is 5.71. The summed E-state index contributed by atoms with van der Waals surface area (Å²) in [5.41, 5.74) is 1.20. The Morgan fingerprint density at radius 1 is 0.963 bits per heavy atom. The Morgan fingerprint density at radius 3 is 2.33 bits per heavy atom. The van der Waals surface area contributed by atoms with Gasteiger partial charge in [-0.3, -0.25) is 9.59 Å². The molecule has 3 heterocycles. The maximum atomic E-state index is 13.0. The predicted octanol–water partition coefficient (Wildman–Crippen LogP) is 2.32. The Balaban J connectivity index is 1.39. The number of nitrogens with zero attached hydrogens (tertiary/aromatic N) is 4. The van der Waals surface area contributed by atoms with Crippen LogP contribution < -0.4 is 4.90 Å². The Kier molecular flexibility index (Phi) is 5.66. The minimum absolute atomic E-state index is 0.137. The van der Waals surface area contributed by atoms with E-state index >= 15 is 0 Å². The average Bonchev–Trinajstić information content (AvgIpc) is 2.92. The summed E-state index contributed by atoms with van der Waals surface area (Å²) >= 11 is 1.76. The Morgan fingerprint density at radius 2 is 1.67 bits per heavy atom. The van der Waals surface area contributed by atoms with Crippen LogP contribution in [0.4, 0.5) is 5.13 Å². The lowest BCUT2D eigenvalue weighted by Gasteiger charge is -2.33. The fourth-order valence-electron chi connectivity index (χ4n) is 4.47. The third-order valence-electron chi connectivity index (χ3n) is 6.19. The maximum absolute atomic E-state index is 13.0. The quantitative estimate of drug-likeness (QED) is 0.778. The van der Waals surface area contributed by atoms with E-state index in [1.165, 1.54) is 23.4 Å². The van der Waals surface area contributed by atoms with E-state index in [-0.39, 0.29) is 11.8 Å². The smallest absolute Gasteiger partial charge is 0.226 e. The zero-order valence-corrected chi connectivity index (χ0v) is 17.1. The van der Waals surface area contributed by atoms with Crippen molar-refractivity contribution in [1.82, 2.24) is 14.8 Å². The van der Waals surface area contributed by atoms with Crippen LogP contribution in [-0.4, -0.2) is 65.9 Å². The first-order valence-corrected chi connectivity index (χ1v) is 11.2. The number of hydrogen-bond donors (Lipinski definition) is 0. The van der Waals surface area contributed by atoms with Crippen LogP contribution in [0.3, 0.4) is 0 Å². The molecule has 0 radical (unpaired) electrons. The molecule has 27 heavy (non-hydrogen) atoms. The Labute approximate surface area is 165 Å². The summed E-state index contributed by atoms with van der Waals surface area (Å²) in [4.78, 5) is 37.0. The summed E-state index contributed by atoms with van der Waals surface area (Å²) in [5.74, 6) is 0.661. The number of piperazine rings is 1. The van der Waals surface area contributed by atoms with Gasteiger partial charge in [0.15, 0.2) is 5.13 Å².